The van der Waals surface area contributed by atoms with Crippen LogP contribution in [0, 0.1) is 18.3 Å². The van der Waals surface area contributed by atoms with Crippen LogP contribution < -0.4 is 4.74 Å². The van der Waals surface area contributed by atoms with Crippen LogP contribution in [0.4, 0.5) is 0 Å². The fraction of sp³-hybridized carbons (Fsp3) is 0.294. The van der Waals surface area contributed by atoms with E-state index < -0.39 is 0 Å². The second kappa shape index (κ2) is 6.72. The molecule has 1 aromatic carbocycles. The molecule has 0 aliphatic rings. The Kier molecular flexibility index (Phi) is 4.73. The maximum atomic E-state index is 9.45. The van der Waals surface area contributed by atoms with E-state index in [1.54, 1.807) is 19.5 Å². The molecule has 0 radical (unpaired) electrons. The van der Waals surface area contributed by atoms with Crippen molar-refractivity contribution in [1.82, 2.24) is 4.98 Å². The number of rotatable bonds is 5. The monoisotopic (exact) mass is 266 g/mol. The molecule has 0 bridgehead atoms. The molecule has 20 heavy (non-hydrogen) atoms. The van der Waals surface area contributed by atoms with Crippen LogP contribution in [-0.4, -0.2) is 12.1 Å². The number of nitrogens with zero attached hydrogens (tertiary/aromatic N) is 2. The van der Waals surface area contributed by atoms with Gasteiger partial charge in [-0.2, -0.15) is 5.26 Å². The zero-order chi connectivity index (χ0) is 14.4. The molecular formula is C17H18N2O. The second-order valence-corrected chi connectivity index (χ2v) is 4.82. The molecule has 0 aliphatic heterocycles. The molecule has 3 heteroatoms. The number of pyridine rings is 1. The third-order valence-electron chi connectivity index (χ3n) is 3.39. The van der Waals surface area contributed by atoms with E-state index in [9.17, 15) is 5.26 Å². The van der Waals surface area contributed by atoms with Gasteiger partial charge in [-0.25, -0.2) is 0 Å². The first kappa shape index (κ1) is 14.1. The van der Waals surface area contributed by atoms with Crippen molar-refractivity contribution in [2.45, 2.75) is 25.7 Å². The molecule has 0 amide bonds. The van der Waals surface area contributed by atoms with Gasteiger partial charge in [-0.15, -0.1) is 0 Å². The van der Waals surface area contributed by atoms with Gasteiger partial charge < -0.3 is 4.74 Å². The summed E-state index contributed by atoms with van der Waals surface area (Å²) in [7, 11) is 1.64. The minimum atomic E-state index is -0.155. The Morgan fingerprint density at radius 1 is 1.25 bits per heavy atom. The molecular weight excluding hydrogens is 248 g/mol. The number of methoxy groups -OCH3 is 1. The van der Waals surface area contributed by atoms with Gasteiger partial charge >= 0.3 is 0 Å². The quantitative estimate of drug-likeness (QED) is 0.830. The highest BCUT2D eigenvalue weighted by Gasteiger charge is 2.16. The summed E-state index contributed by atoms with van der Waals surface area (Å²) in [6, 6.07) is 12.3. The average Bonchev–Trinajstić information content (AvgIpc) is 2.49. The van der Waals surface area contributed by atoms with Gasteiger partial charge in [0.1, 0.15) is 5.75 Å². The summed E-state index contributed by atoms with van der Waals surface area (Å²) in [5.74, 6) is 0.634. The number of benzene rings is 1. The molecule has 0 spiro atoms. The van der Waals surface area contributed by atoms with E-state index in [4.69, 9.17) is 4.74 Å². The Balaban J connectivity index is 2.16. The summed E-state index contributed by atoms with van der Waals surface area (Å²) >= 11 is 0. The topological polar surface area (TPSA) is 45.9 Å². The Labute approximate surface area is 119 Å². The maximum absolute atomic E-state index is 9.45. The Morgan fingerprint density at radius 3 is 2.65 bits per heavy atom. The lowest BCUT2D eigenvalue weighted by atomic mass is 9.92. The van der Waals surface area contributed by atoms with E-state index in [-0.39, 0.29) is 5.92 Å². The van der Waals surface area contributed by atoms with Crippen molar-refractivity contribution in [3.05, 3.63) is 59.4 Å². The second-order valence-electron chi connectivity index (χ2n) is 4.82. The minimum absolute atomic E-state index is 0.155. The van der Waals surface area contributed by atoms with E-state index in [2.05, 4.69) is 11.1 Å². The average molecular weight is 266 g/mol. The molecule has 1 heterocycles. The van der Waals surface area contributed by atoms with E-state index in [0.717, 1.165) is 29.7 Å². The molecule has 0 fully saturated rings. The minimum Gasteiger partial charge on any atom is -0.496 e. The Morgan fingerprint density at radius 2 is 2.00 bits per heavy atom. The molecule has 1 atom stereocenters. The van der Waals surface area contributed by atoms with Gasteiger partial charge in [-0.1, -0.05) is 17.7 Å². The van der Waals surface area contributed by atoms with E-state index in [1.807, 2.05) is 37.3 Å². The van der Waals surface area contributed by atoms with Gasteiger partial charge in [0, 0.05) is 18.0 Å². The van der Waals surface area contributed by atoms with Crippen molar-refractivity contribution in [3.63, 3.8) is 0 Å². The van der Waals surface area contributed by atoms with E-state index in [1.165, 1.54) is 5.56 Å². The highest BCUT2D eigenvalue weighted by Crippen LogP contribution is 2.30. The predicted molar refractivity (Wildman–Crippen MR) is 78.6 cm³/mol. The van der Waals surface area contributed by atoms with Crippen molar-refractivity contribution < 1.29 is 4.74 Å². The lowest BCUT2D eigenvalue weighted by Crippen LogP contribution is -2.02. The van der Waals surface area contributed by atoms with Crippen LogP contribution in [0.2, 0.25) is 0 Å². The molecule has 102 valence electrons. The number of nitriles is 1. The van der Waals surface area contributed by atoms with Gasteiger partial charge in [0.15, 0.2) is 0 Å². The molecule has 0 N–H and O–H groups in total. The third-order valence-corrected chi connectivity index (χ3v) is 3.39. The van der Waals surface area contributed by atoms with Crippen LogP contribution in [-0.2, 0) is 6.42 Å². The molecule has 1 unspecified atom stereocenters. The van der Waals surface area contributed by atoms with Gasteiger partial charge in [-0.05, 0) is 43.5 Å². The van der Waals surface area contributed by atoms with Crippen molar-refractivity contribution in [3.8, 4) is 11.8 Å². The van der Waals surface area contributed by atoms with Crippen molar-refractivity contribution in [2.75, 3.05) is 7.11 Å². The summed E-state index contributed by atoms with van der Waals surface area (Å²) in [6.07, 6.45) is 5.20. The van der Waals surface area contributed by atoms with Gasteiger partial charge in [0.25, 0.3) is 0 Å². The normalized spacial score (nSPS) is 11.7. The number of aryl methyl sites for hydroxylation is 2. The zero-order valence-corrected chi connectivity index (χ0v) is 11.8. The highest BCUT2D eigenvalue weighted by molar-refractivity contribution is 5.42. The van der Waals surface area contributed by atoms with E-state index in [0.29, 0.717) is 0 Å². The maximum Gasteiger partial charge on any atom is 0.123 e. The fourth-order valence-corrected chi connectivity index (χ4v) is 2.28. The first-order valence-electron chi connectivity index (χ1n) is 6.67. The van der Waals surface area contributed by atoms with Crippen LogP contribution in [0.3, 0.4) is 0 Å². The molecule has 0 saturated carbocycles. The Hall–Kier alpha value is -2.34. The lowest BCUT2D eigenvalue weighted by molar-refractivity contribution is 0.407. The lowest BCUT2D eigenvalue weighted by Gasteiger charge is -2.14. The fourth-order valence-electron chi connectivity index (χ4n) is 2.28. The number of aromatic nitrogens is 1. The molecule has 2 aromatic rings. The summed E-state index contributed by atoms with van der Waals surface area (Å²) in [5.41, 5.74) is 3.32. The van der Waals surface area contributed by atoms with Crippen LogP contribution in [0.15, 0.2) is 42.7 Å². The standard InChI is InChI=1S/C17H18N2O/c1-13-3-6-17(20-2)16(11-13)15(12-18)5-4-14-7-9-19-10-8-14/h3,6-11,15H,4-5H2,1-2H3. The molecule has 2 rings (SSSR count). The predicted octanol–water partition coefficient (Wildman–Crippen LogP) is 3.64. The first-order valence-corrected chi connectivity index (χ1v) is 6.67. The van der Waals surface area contributed by atoms with Crippen molar-refractivity contribution in [1.29, 1.82) is 5.26 Å². The summed E-state index contributed by atoms with van der Waals surface area (Å²) < 4.78 is 5.37. The summed E-state index contributed by atoms with van der Waals surface area (Å²) in [4.78, 5) is 4.00. The summed E-state index contributed by atoms with van der Waals surface area (Å²) in [6.45, 7) is 2.03. The van der Waals surface area contributed by atoms with Crippen molar-refractivity contribution in [2.24, 2.45) is 0 Å². The SMILES string of the molecule is COc1ccc(C)cc1C(C#N)CCc1ccncc1. The molecule has 3 nitrogen and oxygen atoms in total. The number of ether oxygens (including phenoxy) is 1. The molecule has 1 aromatic heterocycles. The smallest absolute Gasteiger partial charge is 0.123 e. The third kappa shape index (κ3) is 3.36. The highest BCUT2D eigenvalue weighted by atomic mass is 16.5. The Bertz CT molecular complexity index is 602. The first-order chi connectivity index (χ1) is 9.74. The van der Waals surface area contributed by atoms with Crippen LogP contribution >= 0.6 is 0 Å². The molecule has 0 aliphatic carbocycles. The molecule has 0 saturated heterocycles. The van der Waals surface area contributed by atoms with Gasteiger partial charge in [0.2, 0.25) is 0 Å². The van der Waals surface area contributed by atoms with Crippen molar-refractivity contribution >= 4 is 0 Å². The number of hydrogen-bond donors (Lipinski definition) is 0. The zero-order valence-electron chi connectivity index (χ0n) is 11.8. The van der Waals surface area contributed by atoms with Gasteiger partial charge in [-0.3, -0.25) is 4.98 Å². The van der Waals surface area contributed by atoms with E-state index >= 15 is 0 Å². The number of hydrogen-bond acceptors (Lipinski definition) is 3. The largest absolute Gasteiger partial charge is 0.496 e. The van der Waals surface area contributed by atoms with Crippen LogP contribution in [0.25, 0.3) is 0 Å². The van der Waals surface area contributed by atoms with Crippen LogP contribution in [0.5, 0.6) is 5.75 Å². The van der Waals surface area contributed by atoms with Crippen LogP contribution in [0.1, 0.15) is 29.0 Å². The van der Waals surface area contributed by atoms with Gasteiger partial charge in [0.05, 0.1) is 19.1 Å². The summed E-state index contributed by atoms with van der Waals surface area (Å²) in [5, 5.41) is 9.45.